The highest BCUT2D eigenvalue weighted by Crippen LogP contribution is 2.30. The van der Waals surface area contributed by atoms with Crippen LogP contribution in [0.15, 0.2) is 95.9 Å². The van der Waals surface area contributed by atoms with Crippen LogP contribution in [0.25, 0.3) is 0 Å². The highest BCUT2D eigenvalue weighted by Gasteiger charge is 2.35. The summed E-state index contributed by atoms with van der Waals surface area (Å²) in [6, 6.07) is 25.3. The number of anilines is 1. The van der Waals surface area contributed by atoms with Crippen molar-refractivity contribution in [3.8, 4) is 0 Å². The molecule has 1 atom stereocenters. The molecular weight excluding hydrogens is 629 g/mol. The molecule has 2 amide bonds. The van der Waals surface area contributed by atoms with Crippen LogP contribution >= 0.6 is 23.2 Å². The van der Waals surface area contributed by atoms with Gasteiger partial charge in [0.25, 0.3) is 10.0 Å². The molecule has 7 nitrogen and oxygen atoms in total. The van der Waals surface area contributed by atoms with Crippen molar-refractivity contribution < 1.29 is 18.0 Å². The lowest BCUT2D eigenvalue weighted by atomic mass is 10.0. The molecule has 0 saturated heterocycles. The predicted molar refractivity (Wildman–Crippen MR) is 181 cm³/mol. The number of nitrogens with one attached hydrogen (secondary N) is 1. The van der Waals surface area contributed by atoms with E-state index >= 15 is 0 Å². The van der Waals surface area contributed by atoms with Crippen LogP contribution in [0.4, 0.5) is 5.69 Å². The molecule has 0 spiro atoms. The van der Waals surface area contributed by atoms with Gasteiger partial charge in [-0.2, -0.15) is 0 Å². The summed E-state index contributed by atoms with van der Waals surface area (Å²) in [4.78, 5) is 29.6. The molecule has 0 aliphatic heterocycles. The van der Waals surface area contributed by atoms with Crippen LogP contribution in [0.1, 0.15) is 34.7 Å². The summed E-state index contributed by atoms with van der Waals surface area (Å²) >= 11 is 12.5. The van der Waals surface area contributed by atoms with E-state index in [1.807, 2.05) is 57.2 Å². The van der Waals surface area contributed by atoms with Crippen molar-refractivity contribution in [2.24, 2.45) is 0 Å². The summed E-state index contributed by atoms with van der Waals surface area (Å²) in [5.74, 6) is -0.903. The van der Waals surface area contributed by atoms with Crippen LogP contribution < -0.4 is 9.62 Å². The number of hydrogen-bond donors (Lipinski definition) is 1. The minimum Gasteiger partial charge on any atom is -0.355 e. The molecule has 0 heterocycles. The lowest BCUT2D eigenvalue weighted by molar-refractivity contribution is -0.140. The molecule has 0 bridgehead atoms. The highest BCUT2D eigenvalue weighted by molar-refractivity contribution is 7.92. The largest absolute Gasteiger partial charge is 0.355 e. The van der Waals surface area contributed by atoms with Gasteiger partial charge < -0.3 is 10.2 Å². The molecule has 236 valence electrons. The quantitative estimate of drug-likeness (QED) is 0.179. The molecule has 1 unspecified atom stereocenters. The lowest BCUT2D eigenvalue weighted by Crippen LogP contribution is -2.53. The number of carbonyl (C=O) groups is 2. The molecule has 10 heteroatoms. The Balaban J connectivity index is 1.84. The molecule has 4 aromatic rings. The van der Waals surface area contributed by atoms with Crippen molar-refractivity contribution in [2.75, 3.05) is 17.4 Å². The van der Waals surface area contributed by atoms with Gasteiger partial charge in [0.1, 0.15) is 12.6 Å². The minimum atomic E-state index is -4.19. The van der Waals surface area contributed by atoms with Crippen molar-refractivity contribution in [2.45, 2.75) is 51.6 Å². The molecular formula is C35H37Cl2N3O4S. The third kappa shape index (κ3) is 8.25. The Kier molecular flexibility index (Phi) is 11.3. The number of aryl methyl sites for hydroxylation is 2. The summed E-state index contributed by atoms with van der Waals surface area (Å²) in [5.41, 5.74) is 4.37. The Morgan fingerprint density at radius 1 is 0.822 bits per heavy atom. The fraction of sp³-hybridized carbons (Fsp3) is 0.257. The van der Waals surface area contributed by atoms with Gasteiger partial charge >= 0.3 is 0 Å². The lowest BCUT2D eigenvalue weighted by Gasteiger charge is -2.34. The van der Waals surface area contributed by atoms with Gasteiger partial charge in [0.2, 0.25) is 11.8 Å². The molecule has 45 heavy (non-hydrogen) atoms. The predicted octanol–water partition coefficient (Wildman–Crippen LogP) is 6.89. The van der Waals surface area contributed by atoms with Gasteiger partial charge in [-0.3, -0.25) is 13.9 Å². The van der Waals surface area contributed by atoms with E-state index in [0.29, 0.717) is 27.8 Å². The summed E-state index contributed by atoms with van der Waals surface area (Å²) < 4.78 is 29.6. The van der Waals surface area contributed by atoms with Crippen LogP contribution in [0.2, 0.25) is 10.0 Å². The van der Waals surface area contributed by atoms with Crippen LogP contribution in [0, 0.1) is 20.8 Å². The van der Waals surface area contributed by atoms with E-state index in [1.165, 1.54) is 17.0 Å². The third-order valence-corrected chi connectivity index (χ3v) is 10.2. The second-order valence-corrected chi connectivity index (χ2v) is 13.6. The second kappa shape index (κ2) is 15.0. The zero-order chi connectivity index (χ0) is 32.7. The van der Waals surface area contributed by atoms with Crippen LogP contribution in [0.5, 0.6) is 0 Å². The van der Waals surface area contributed by atoms with Gasteiger partial charge in [-0.05, 0) is 80.3 Å². The number of benzene rings is 4. The highest BCUT2D eigenvalue weighted by atomic mass is 35.5. The number of likely N-dealkylation sites (N-methyl/N-ethyl adjacent to an activating group) is 1. The monoisotopic (exact) mass is 665 g/mol. The molecule has 4 aromatic carbocycles. The van der Waals surface area contributed by atoms with Crippen molar-refractivity contribution in [1.82, 2.24) is 10.2 Å². The van der Waals surface area contributed by atoms with E-state index in [2.05, 4.69) is 5.32 Å². The number of nitrogens with zero attached hydrogens (tertiary/aromatic N) is 2. The summed E-state index contributed by atoms with van der Waals surface area (Å²) in [7, 11) is -4.19. The molecule has 0 saturated carbocycles. The standard InChI is InChI=1S/C35H37Cl2N3O4S/c1-5-38-35(42)33(21-27-11-7-6-8-12-27)39(22-28-16-19-30(36)31(37)20-28)34(41)23-40(32-13-9-10-25(3)26(32)4)45(43,44)29-17-14-24(2)15-18-29/h6-20,33H,5,21-23H2,1-4H3,(H,38,42). The molecule has 0 aromatic heterocycles. The Labute approximate surface area is 275 Å². The minimum absolute atomic E-state index is 0.00439. The Hall–Kier alpha value is -3.85. The number of halogens is 2. The van der Waals surface area contributed by atoms with Crippen molar-refractivity contribution in [3.63, 3.8) is 0 Å². The maximum Gasteiger partial charge on any atom is 0.264 e. The topological polar surface area (TPSA) is 86.8 Å². The normalized spacial score (nSPS) is 12.0. The van der Waals surface area contributed by atoms with E-state index in [1.54, 1.807) is 49.4 Å². The average Bonchev–Trinajstić information content (AvgIpc) is 3.01. The van der Waals surface area contributed by atoms with E-state index in [-0.39, 0.29) is 23.8 Å². The van der Waals surface area contributed by atoms with Gasteiger partial charge in [0.15, 0.2) is 0 Å². The van der Waals surface area contributed by atoms with Crippen LogP contribution in [-0.2, 0) is 32.6 Å². The Morgan fingerprint density at radius 2 is 1.51 bits per heavy atom. The number of amides is 2. The molecule has 0 aliphatic carbocycles. The molecule has 0 radical (unpaired) electrons. The van der Waals surface area contributed by atoms with Crippen LogP contribution in [0.3, 0.4) is 0 Å². The SMILES string of the molecule is CCNC(=O)C(Cc1ccccc1)N(Cc1ccc(Cl)c(Cl)c1)C(=O)CN(c1cccc(C)c1C)S(=O)(=O)c1ccc(C)cc1. The summed E-state index contributed by atoms with van der Waals surface area (Å²) in [6.45, 7) is 7.21. The zero-order valence-corrected chi connectivity index (χ0v) is 28.1. The van der Waals surface area contributed by atoms with E-state index < -0.39 is 28.5 Å². The number of sulfonamides is 1. The first kappa shape index (κ1) is 34.0. The van der Waals surface area contributed by atoms with Gasteiger partial charge in [-0.1, -0.05) is 89.4 Å². The van der Waals surface area contributed by atoms with E-state index in [4.69, 9.17) is 23.2 Å². The van der Waals surface area contributed by atoms with E-state index in [9.17, 15) is 18.0 Å². The van der Waals surface area contributed by atoms with Gasteiger partial charge in [-0.15, -0.1) is 0 Å². The number of rotatable bonds is 12. The Bertz CT molecular complexity index is 1760. The molecule has 1 N–H and O–H groups in total. The smallest absolute Gasteiger partial charge is 0.264 e. The maximum atomic E-state index is 14.5. The number of carbonyl (C=O) groups excluding carboxylic acids is 2. The molecule has 0 aliphatic rings. The zero-order valence-electron chi connectivity index (χ0n) is 25.8. The Morgan fingerprint density at radius 3 is 2.16 bits per heavy atom. The summed E-state index contributed by atoms with van der Waals surface area (Å²) in [6.07, 6.45) is 0.216. The van der Waals surface area contributed by atoms with E-state index in [0.717, 1.165) is 26.6 Å². The first-order valence-corrected chi connectivity index (χ1v) is 16.8. The first-order valence-electron chi connectivity index (χ1n) is 14.6. The maximum absolute atomic E-state index is 14.5. The molecule has 0 fully saturated rings. The van der Waals surface area contributed by atoms with Crippen molar-refractivity contribution in [1.29, 1.82) is 0 Å². The van der Waals surface area contributed by atoms with Gasteiger partial charge in [-0.25, -0.2) is 8.42 Å². The van der Waals surface area contributed by atoms with Crippen molar-refractivity contribution in [3.05, 3.63) is 129 Å². The fourth-order valence-corrected chi connectivity index (χ4v) is 6.83. The molecule has 4 rings (SSSR count). The van der Waals surface area contributed by atoms with Crippen LogP contribution in [-0.4, -0.2) is 44.3 Å². The second-order valence-electron chi connectivity index (χ2n) is 10.9. The van der Waals surface area contributed by atoms with Gasteiger partial charge in [0, 0.05) is 19.5 Å². The third-order valence-electron chi connectivity index (χ3n) is 7.69. The van der Waals surface area contributed by atoms with Crippen molar-refractivity contribution >= 4 is 50.7 Å². The average molecular weight is 667 g/mol. The van der Waals surface area contributed by atoms with Gasteiger partial charge in [0.05, 0.1) is 20.6 Å². The summed E-state index contributed by atoms with van der Waals surface area (Å²) in [5, 5.41) is 3.52. The first-order chi connectivity index (χ1) is 21.4. The fourth-order valence-electron chi connectivity index (χ4n) is 5.04. The number of hydrogen-bond acceptors (Lipinski definition) is 4.